The number of rotatable bonds is 15. The van der Waals surface area contributed by atoms with Crippen LogP contribution in [-0.4, -0.2) is 22.0 Å². The molecule has 1 aliphatic heterocycles. The van der Waals surface area contributed by atoms with Gasteiger partial charge in [-0.1, -0.05) is 94.2 Å². The normalized spacial score (nSPS) is 12.7. The molecule has 278 valence electrons. The van der Waals surface area contributed by atoms with Gasteiger partial charge in [-0.05, 0) is 90.0 Å². The predicted octanol–water partition coefficient (Wildman–Crippen LogP) is 13.8. The minimum absolute atomic E-state index is 0.0225. The fourth-order valence-electron chi connectivity index (χ4n) is 6.49. The van der Waals surface area contributed by atoms with Gasteiger partial charge in [0.15, 0.2) is 0 Å². The van der Waals surface area contributed by atoms with Gasteiger partial charge in [-0.25, -0.2) is 4.39 Å². The molecule has 4 aromatic carbocycles. The zero-order chi connectivity index (χ0) is 38.3. The number of unbranched alkanes of at least 4 members (excludes halogenated alkanes) is 2. The molecule has 7 rings (SSSR count). The maximum absolute atomic E-state index is 16.4. The third kappa shape index (κ3) is 8.32. The van der Waals surface area contributed by atoms with Crippen LogP contribution in [0.1, 0.15) is 59.3 Å². The summed E-state index contributed by atoms with van der Waals surface area (Å²) < 4.78 is 38.4. The maximum atomic E-state index is 16.4. The molecule has 0 N–H and O–H groups in total. The van der Waals surface area contributed by atoms with Gasteiger partial charge in [0.25, 0.3) is 0 Å². The molecular weight excluding hydrogens is 764 g/mol. The average Bonchev–Trinajstić information content (AvgIpc) is 4.00. The van der Waals surface area contributed by atoms with Gasteiger partial charge in [0.1, 0.15) is 46.1 Å². The van der Waals surface area contributed by atoms with Crippen molar-refractivity contribution >= 4 is 57.6 Å². The van der Waals surface area contributed by atoms with Crippen LogP contribution in [0.3, 0.4) is 0 Å². The van der Waals surface area contributed by atoms with Crippen LogP contribution in [0.4, 0.5) is 4.39 Å². The van der Waals surface area contributed by atoms with Crippen LogP contribution in [0, 0.1) is 34.4 Å². The first kappa shape index (κ1) is 38.6. The number of halogens is 1. The molecule has 0 radical (unpaired) electrons. The molecule has 3 heterocycles. The summed E-state index contributed by atoms with van der Waals surface area (Å²) >= 11 is 5.42. The molecule has 0 fully saturated rings. The van der Waals surface area contributed by atoms with E-state index in [0.717, 1.165) is 90.9 Å². The zero-order valence-corrected chi connectivity index (χ0v) is 34.1. The van der Waals surface area contributed by atoms with Crippen LogP contribution < -0.4 is 9.47 Å². The minimum Gasteiger partial charge on any atom is -0.494 e. The van der Waals surface area contributed by atoms with Crippen LogP contribution in [-0.2, 0) is 0 Å². The zero-order valence-electron chi connectivity index (χ0n) is 30.9. The quantitative estimate of drug-likeness (QED) is 0.0749. The number of ether oxygens (including phenoxy) is 2. The first-order chi connectivity index (χ1) is 27.0. The van der Waals surface area contributed by atoms with E-state index in [2.05, 4.69) is 57.2 Å². The molecule has 1 aliphatic rings. The molecule has 0 saturated heterocycles. The highest BCUT2D eigenvalue weighted by atomic mass is 32.2. The lowest BCUT2D eigenvalue weighted by Gasteiger charge is -2.15. The number of thioether (sulfide) groups is 2. The van der Waals surface area contributed by atoms with E-state index in [1.54, 1.807) is 23.5 Å². The van der Waals surface area contributed by atoms with Crippen molar-refractivity contribution in [2.24, 2.45) is 5.92 Å². The van der Waals surface area contributed by atoms with Gasteiger partial charge in [0.05, 0.1) is 29.2 Å². The number of benzene rings is 4. The number of aromatic nitrogens is 2. The standard InChI is InChI=1S/C44H39FN4O2S4/c1-4-7-9-27(6-3)26-51-33-17-12-29(13-18-33)36-20-21-37(52-36)39-41-40(48-55-49-41)38(42-43(39)54-44(53-42)31(24-46)25-47)34-19-14-30(23-35(34)45)28-10-15-32(16-11-28)50-22-8-5-2/h10-21,23,27H,4-9,22,26H2,1-3H3. The molecule has 1 unspecified atom stereocenters. The number of hydrogen-bond donors (Lipinski definition) is 0. The Bertz CT molecular complexity index is 2410. The molecule has 0 bridgehead atoms. The molecule has 1 atom stereocenters. The largest absolute Gasteiger partial charge is 0.494 e. The first-order valence-electron chi connectivity index (χ1n) is 18.5. The fourth-order valence-corrected chi connectivity index (χ4v) is 10.9. The number of nitrogens with zero attached hydrogens (tertiary/aromatic N) is 4. The van der Waals surface area contributed by atoms with Gasteiger partial charge in [0.2, 0.25) is 0 Å². The van der Waals surface area contributed by atoms with E-state index < -0.39 is 5.82 Å². The molecule has 0 spiro atoms. The Balaban J connectivity index is 1.24. The summed E-state index contributed by atoms with van der Waals surface area (Å²) in [6.07, 6.45) is 6.76. The van der Waals surface area contributed by atoms with Gasteiger partial charge in [-0.3, -0.25) is 0 Å². The van der Waals surface area contributed by atoms with Crippen molar-refractivity contribution in [2.45, 2.75) is 69.1 Å². The maximum Gasteiger partial charge on any atom is 0.150 e. The number of nitriles is 2. The molecule has 2 aromatic heterocycles. The van der Waals surface area contributed by atoms with Crippen LogP contribution in [0.15, 0.2) is 98.5 Å². The van der Waals surface area contributed by atoms with Crippen molar-refractivity contribution in [2.75, 3.05) is 13.2 Å². The van der Waals surface area contributed by atoms with E-state index in [-0.39, 0.29) is 5.57 Å². The van der Waals surface area contributed by atoms with Gasteiger partial charge in [0, 0.05) is 36.2 Å². The molecular formula is C44H39FN4O2S4. The monoisotopic (exact) mass is 802 g/mol. The van der Waals surface area contributed by atoms with E-state index in [1.807, 2.05) is 42.5 Å². The summed E-state index contributed by atoms with van der Waals surface area (Å²) in [4.78, 5) is 3.65. The Morgan fingerprint density at radius 2 is 1.35 bits per heavy atom. The summed E-state index contributed by atoms with van der Waals surface area (Å²) in [6, 6.07) is 29.5. The summed E-state index contributed by atoms with van der Waals surface area (Å²) in [5.41, 5.74) is 5.83. The molecule has 0 saturated carbocycles. The van der Waals surface area contributed by atoms with Crippen molar-refractivity contribution in [3.8, 4) is 66.8 Å². The van der Waals surface area contributed by atoms with Crippen molar-refractivity contribution in [3.05, 3.63) is 94.5 Å². The summed E-state index contributed by atoms with van der Waals surface area (Å²) in [7, 11) is 0. The third-order valence-corrected chi connectivity index (χ3v) is 14.0. The Hall–Kier alpha value is -4.65. The van der Waals surface area contributed by atoms with E-state index >= 15 is 4.39 Å². The van der Waals surface area contributed by atoms with E-state index in [0.29, 0.717) is 38.9 Å². The molecule has 6 nitrogen and oxygen atoms in total. The Morgan fingerprint density at radius 1 is 0.727 bits per heavy atom. The van der Waals surface area contributed by atoms with Crippen molar-refractivity contribution in [3.63, 3.8) is 0 Å². The van der Waals surface area contributed by atoms with Crippen LogP contribution in [0.25, 0.3) is 54.2 Å². The fraction of sp³-hybridized carbons (Fsp3) is 0.273. The second-order valence-corrected chi connectivity index (χ2v) is 17.2. The van der Waals surface area contributed by atoms with Crippen LogP contribution in [0.2, 0.25) is 0 Å². The number of hydrogen-bond acceptors (Lipinski definition) is 10. The second kappa shape index (κ2) is 17.9. The van der Waals surface area contributed by atoms with Gasteiger partial charge in [-0.15, -0.1) is 11.3 Å². The van der Waals surface area contributed by atoms with Crippen molar-refractivity contribution in [1.29, 1.82) is 10.5 Å². The van der Waals surface area contributed by atoms with Crippen molar-refractivity contribution in [1.82, 2.24) is 8.75 Å². The Kier molecular flexibility index (Phi) is 12.5. The lowest BCUT2D eigenvalue weighted by molar-refractivity contribution is 0.233. The predicted molar refractivity (Wildman–Crippen MR) is 226 cm³/mol. The molecule has 0 aliphatic carbocycles. The first-order valence-corrected chi connectivity index (χ1v) is 21.7. The highest BCUT2D eigenvalue weighted by molar-refractivity contribution is 8.25. The number of allylic oxidation sites excluding steroid dienone is 1. The van der Waals surface area contributed by atoms with Gasteiger partial charge < -0.3 is 9.47 Å². The third-order valence-electron chi connectivity index (χ3n) is 9.65. The lowest BCUT2D eigenvalue weighted by Crippen LogP contribution is -2.11. The minimum atomic E-state index is -0.397. The van der Waals surface area contributed by atoms with Crippen molar-refractivity contribution < 1.29 is 13.9 Å². The molecule has 6 aromatic rings. The topological polar surface area (TPSA) is 91.8 Å². The van der Waals surface area contributed by atoms with Gasteiger partial charge in [-0.2, -0.15) is 19.3 Å². The number of fused-ring (bicyclic) bond motifs is 2. The highest BCUT2D eigenvalue weighted by Gasteiger charge is 2.33. The molecule has 55 heavy (non-hydrogen) atoms. The van der Waals surface area contributed by atoms with Gasteiger partial charge >= 0.3 is 0 Å². The van der Waals surface area contributed by atoms with E-state index in [9.17, 15) is 10.5 Å². The smallest absolute Gasteiger partial charge is 0.150 e. The summed E-state index contributed by atoms with van der Waals surface area (Å²) in [5, 5.41) is 19.7. The Labute approximate surface area is 338 Å². The number of thiophene rings is 1. The van der Waals surface area contributed by atoms with Crippen LogP contribution >= 0.6 is 46.6 Å². The second-order valence-electron chi connectivity index (χ2n) is 13.3. The van der Waals surface area contributed by atoms with E-state index in [1.165, 1.54) is 42.8 Å². The summed E-state index contributed by atoms with van der Waals surface area (Å²) in [5.74, 6) is 1.81. The SMILES string of the molecule is CCCCOc1ccc(-c2ccc(-c3c4c(c(-c5ccc(-c6ccc(OCC(CC)CCCC)cc6)s5)c5nsnc35)SC(=C(C#N)C#N)S4)c(F)c2)cc1. The molecule has 0 amide bonds. The van der Waals surface area contributed by atoms with Crippen LogP contribution in [0.5, 0.6) is 11.5 Å². The molecule has 11 heteroatoms. The highest BCUT2D eigenvalue weighted by Crippen LogP contribution is 2.61. The van der Waals surface area contributed by atoms with E-state index in [4.69, 9.17) is 18.2 Å². The average molecular weight is 803 g/mol. The summed E-state index contributed by atoms with van der Waals surface area (Å²) in [6.45, 7) is 7.96. The Morgan fingerprint density at radius 3 is 2.00 bits per heavy atom. The lowest BCUT2D eigenvalue weighted by atomic mass is 9.97.